The van der Waals surface area contributed by atoms with Gasteiger partial charge in [0, 0.05) is 11.8 Å². The average molecular weight is 370 g/mol. The molecule has 0 radical (unpaired) electrons. The van der Waals surface area contributed by atoms with E-state index < -0.39 is 5.91 Å². The van der Waals surface area contributed by atoms with E-state index in [2.05, 4.69) is 5.32 Å². The Kier molecular flexibility index (Phi) is 6.43. The van der Waals surface area contributed by atoms with Gasteiger partial charge in [-0.15, -0.1) is 0 Å². The van der Waals surface area contributed by atoms with E-state index in [1.165, 1.54) is 32.2 Å². The van der Waals surface area contributed by atoms with Gasteiger partial charge in [-0.2, -0.15) is 0 Å². The molecule has 0 aliphatic rings. The maximum absolute atomic E-state index is 13.0. The maximum Gasteiger partial charge on any atom is 0.255 e. The first kappa shape index (κ1) is 19.8. The summed E-state index contributed by atoms with van der Waals surface area (Å²) in [6, 6.07) is 8.93. The minimum atomic E-state index is -0.474. The number of hydrogen-bond donors (Lipinski definition) is 3. The van der Waals surface area contributed by atoms with Gasteiger partial charge >= 0.3 is 0 Å². The molecule has 6 nitrogen and oxygen atoms in total. The van der Waals surface area contributed by atoms with Crippen LogP contribution in [0.15, 0.2) is 42.5 Å². The van der Waals surface area contributed by atoms with Crippen LogP contribution in [0.2, 0.25) is 0 Å². The van der Waals surface area contributed by atoms with Gasteiger partial charge in [-0.1, -0.05) is 12.1 Å². The average Bonchev–Trinajstić information content (AvgIpc) is 2.64. The first-order valence-electron chi connectivity index (χ1n) is 8.14. The molecular weight excluding hydrogens is 349 g/mol. The third-order valence-electron chi connectivity index (χ3n) is 3.75. The lowest BCUT2D eigenvalue weighted by atomic mass is 10.0. The highest BCUT2D eigenvalue weighted by atomic mass is 19.1. The van der Waals surface area contributed by atoms with Crippen LogP contribution < -0.4 is 21.2 Å². The molecule has 0 aliphatic carbocycles. The monoisotopic (exact) mass is 370 g/mol. The summed E-state index contributed by atoms with van der Waals surface area (Å²) in [5.74, 6) is -0.776. The van der Waals surface area contributed by atoms with Crippen LogP contribution in [0.25, 0.3) is 6.08 Å². The summed E-state index contributed by atoms with van der Waals surface area (Å²) >= 11 is 0. The van der Waals surface area contributed by atoms with E-state index >= 15 is 0 Å². The number of halogens is 1. The SMILES string of the molecule is COc1c(C(=O)NCC(C)=O)ccc(N)c1C(=[NH2+])/C=C/c1ccc(F)cc1. The minimum absolute atomic E-state index is 0.0919. The topological polar surface area (TPSA) is 107 Å². The number of methoxy groups -OCH3 is 1. The van der Waals surface area contributed by atoms with Crippen molar-refractivity contribution in [2.75, 3.05) is 19.4 Å². The van der Waals surface area contributed by atoms with E-state index in [1.807, 2.05) is 0 Å². The number of carbonyl (C=O) groups excluding carboxylic acids is 2. The molecule has 0 atom stereocenters. The van der Waals surface area contributed by atoms with Crippen molar-refractivity contribution >= 4 is 29.2 Å². The molecule has 2 rings (SSSR count). The van der Waals surface area contributed by atoms with Crippen molar-refractivity contribution in [3.05, 3.63) is 65.0 Å². The van der Waals surface area contributed by atoms with Crippen molar-refractivity contribution in [3.63, 3.8) is 0 Å². The summed E-state index contributed by atoms with van der Waals surface area (Å²) in [6.07, 6.45) is 3.29. The highest BCUT2D eigenvalue weighted by molar-refractivity contribution is 6.14. The van der Waals surface area contributed by atoms with E-state index in [9.17, 15) is 14.0 Å². The van der Waals surface area contributed by atoms with E-state index in [0.717, 1.165) is 5.56 Å². The Bertz CT molecular complexity index is 905. The molecule has 0 unspecified atom stereocenters. The summed E-state index contributed by atoms with van der Waals surface area (Å²) in [5.41, 5.74) is 7.95. The molecule has 27 heavy (non-hydrogen) atoms. The second-order valence-electron chi connectivity index (χ2n) is 5.84. The Morgan fingerprint density at radius 2 is 1.89 bits per heavy atom. The number of Topliss-reactive ketones (excluding diaryl/α,β-unsaturated/α-hetero) is 1. The Labute approximate surface area is 156 Å². The predicted molar refractivity (Wildman–Crippen MR) is 102 cm³/mol. The van der Waals surface area contributed by atoms with Crippen LogP contribution in [0.4, 0.5) is 10.1 Å². The zero-order valence-corrected chi connectivity index (χ0v) is 15.1. The molecule has 7 heteroatoms. The highest BCUT2D eigenvalue weighted by Crippen LogP contribution is 2.29. The molecule has 0 fully saturated rings. The highest BCUT2D eigenvalue weighted by Gasteiger charge is 2.22. The van der Waals surface area contributed by atoms with E-state index in [-0.39, 0.29) is 35.2 Å². The van der Waals surface area contributed by atoms with Gasteiger partial charge in [0.2, 0.25) is 5.71 Å². The molecule has 0 saturated carbocycles. The molecule has 0 spiro atoms. The predicted octanol–water partition coefficient (Wildman–Crippen LogP) is 0.997. The second-order valence-corrected chi connectivity index (χ2v) is 5.84. The number of ketones is 1. The molecule has 1 amide bonds. The van der Waals surface area contributed by atoms with Crippen molar-refractivity contribution in [2.24, 2.45) is 0 Å². The smallest absolute Gasteiger partial charge is 0.255 e. The maximum atomic E-state index is 13.0. The molecule has 2 aromatic carbocycles. The lowest BCUT2D eigenvalue weighted by Gasteiger charge is -2.13. The summed E-state index contributed by atoms with van der Waals surface area (Å²) in [6.45, 7) is 1.28. The number of rotatable bonds is 7. The van der Waals surface area contributed by atoms with Crippen LogP contribution in [-0.4, -0.2) is 31.1 Å². The summed E-state index contributed by atoms with van der Waals surface area (Å²) < 4.78 is 18.4. The molecular formula is C20H21FN3O3+. The van der Waals surface area contributed by atoms with Gasteiger partial charge in [-0.25, -0.2) is 4.39 Å². The van der Waals surface area contributed by atoms with Crippen molar-refractivity contribution in [2.45, 2.75) is 6.92 Å². The lowest BCUT2D eigenvalue weighted by molar-refractivity contribution is -0.116. The van der Waals surface area contributed by atoms with Crippen LogP contribution in [0.5, 0.6) is 5.75 Å². The number of allylic oxidation sites excluding steroid dienone is 1. The van der Waals surface area contributed by atoms with Gasteiger partial charge in [0.25, 0.3) is 5.91 Å². The van der Waals surface area contributed by atoms with E-state index in [0.29, 0.717) is 11.3 Å². The lowest BCUT2D eigenvalue weighted by Crippen LogP contribution is -2.40. The van der Waals surface area contributed by atoms with Crippen LogP contribution in [-0.2, 0) is 4.79 Å². The van der Waals surface area contributed by atoms with Crippen LogP contribution in [0, 0.1) is 5.82 Å². The number of nitrogen functional groups attached to an aromatic ring is 1. The van der Waals surface area contributed by atoms with Gasteiger partial charge in [0.1, 0.15) is 22.9 Å². The number of benzene rings is 2. The van der Waals surface area contributed by atoms with Crippen molar-refractivity contribution in [3.8, 4) is 5.75 Å². The molecule has 0 bridgehead atoms. The zero-order valence-electron chi connectivity index (χ0n) is 15.1. The number of hydrogen-bond acceptors (Lipinski definition) is 4. The van der Waals surface area contributed by atoms with Crippen molar-refractivity contribution < 1.29 is 24.1 Å². The normalized spacial score (nSPS) is 10.6. The van der Waals surface area contributed by atoms with Gasteiger partial charge in [-0.05, 0) is 42.8 Å². The number of anilines is 1. The number of carbonyl (C=O) groups is 2. The molecule has 0 aromatic heterocycles. The molecule has 2 aromatic rings. The summed E-state index contributed by atoms with van der Waals surface area (Å²) in [7, 11) is 1.40. The Hall–Kier alpha value is -3.48. The standard InChI is InChI=1S/C20H20FN3O3/c1-12(25)11-24-20(26)15-8-10-17(23)18(19(15)27-2)16(22)9-5-13-3-6-14(21)7-4-13/h3-10,22H,11,23H2,1-2H3,(H,24,26)/p+1/b9-5+,22-16?. The number of amides is 1. The van der Waals surface area contributed by atoms with Crippen LogP contribution in [0.3, 0.4) is 0 Å². The molecule has 0 aliphatic heterocycles. The largest absolute Gasteiger partial charge is 0.495 e. The molecule has 5 N–H and O–H groups in total. The molecule has 0 saturated heterocycles. The van der Waals surface area contributed by atoms with Gasteiger partial charge in [0.15, 0.2) is 0 Å². The third kappa shape index (κ3) is 5.01. The number of nitrogens with two attached hydrogens (primary N) is 2. The Morgan fingerprint density at radius 3 is 2.48 bits per heavy atom. The first-order valence-corrected chi connectivity index (χ1v) is 8.14. The van der Waals surface area contributed by atoms with Crippen molar-refractivity contribution in [1.82, 2.24) is 5.32 Å². The van der Waals surface area contributed by atoms with Gasteiger partial charge in [-0.3, -0.25) is 15.0 Å². The molecule has 0 heterocycles. The Morgan fingerprint density at radius 1 is 1.22 bits per heavy atom. The fourth-order valence-electron chi connectivity index (χ4n) is 2.43. The fourth-order valence-corrected chi connectivity index (χ4v) is 2.43. The number of nitrogens with one attached hydrogen (secondary N) is 1. The van der Waals surface area contributed by atoms with Crippen LogP contribution >= 0.6 is 0 Å². The van der Waals surface area contributed by atoms with Crippen LogP contribution in [0.1, 0.15) is 28.4 Å². The zero-order chi connectivity index (χ0) is 20.0. The first-order chi connectivity index (χ1) is 12.8. The van der Waals surface area contributed by atoms with Gasteiger partial charge < -0.3 is 15.8 Å². The van der Waals surface area contributed by atoms with E-state index in [4.69, 9.17) is 15.9 Å². The fraction of sp³-hybridized carbons (Fsp3) is 0.150. The quantitative estimate of drug-likeness (QED) is 0.499. The van der Waals surface area contributed by atoms with E-state index in [1.54, 1.807) is 30.4 Å². The van der Waals surface area contributed by atoms with Gasteiger partial charge in [0.05, 0.1) is 19.2 Å². The molecule has 140 valence electrons. The third-order valence-corrected chi connectivity index (χ3v) is 3.75. The number of ether oxygens (including phenoxy) is 1. The summed E-state index contributed by atoms with van der Waals surface area (Å²) in [5, 5.41) is 8.66. The van der Waals surface area contributed by atoms with Crippen molar-refractivity contribution in [1.29, 1.82) is 0 Å². The minimum Gasteiger partial charge on any atom is -0.495 e. The Balaban J connectivity index is 2.35. The summed E-state index contributed by atoms with van der Waals surface area (Å²) in [4.78, 5) is 23.4. The second kappa shape index (κ2) is 8.75.